The highest BCUT2D eigenvalue weighted by Gasteiger charge is 2.08. The maximum absolute atomic E-state index is 12.1. The minimum absolute atomic E-state index is 0.0797. The highest BCUT2D eigenvalue weighted by atomic mass is 79.9. The third-order valence-electron chi connectivity index (χ3n) is 4.45. The fraction of sp³-hybridized carbons (Fsp3) is 0.227. The molecule has 2 amide bonds. The van der Waals surface area contributed by atoms with Crippen LogP contribution in [0.2, 0.25) is 0 Å². The van der Waals surface area contributed by atoms with Crippen molar-refractivity contribution in [1.29, 1.82) is 0 Å². The van der Waals surface area contributed by atoms with Crippen molar-refractivity contribution >= 4 is 33.4 Å². The third-order valence-corrected chi connectivity index (χ3v) is 4.94. The molecule has 0 fully saturated rings. The molecule has 0 unspecified atom stereocenters. The smallest absolute Gasteiger partial charge is 0.226 e. The standard InChI is InChI=1S/C22H23BrN4O2/c1-16-7-9-18(23)13-20(16)26-22(29)11-12-24-21(28)10-8-17-14-25-27(15-17)19-5-3-2-4-6-19/h2-7,9,13-15H,8,10-12H2,1H3,(H,24,28)(H,26,29). The summed E-state index contributed by atoms with van der Waals surface area (Å²) in [5.41, 5.74) is 3.73. The van der Waals surface area contributed by atoms with Gasteiger partial charge in [0.1, 0.15) is 0 Å². The number of aryl methyl sites for hydroxylation is 2. The van der Waals surface area contributed by atoms with Gasteiger partial charge in [0.2, 0.25) is 11.8 Å². The summed E-state index contributed by atoms with van der Waals surface area (Å²) >= 11 is 3.39. The average Bonchev–Trinajstić information content (AvgIpc) is 3.19. The molecular weight excluding hydrogens is 432 g/mol. The molecule has 3 aromatic rings. The van der Waals surface area contributed by atoms with E-state index in [4.69, 9.17) is 0 Å². The Bertz CT molecular complexity index is 985. The van der Waals surface area contributed by atoms with Crippen molar-refractivity contribution in [2.75, 3.05) is 11.9 Å². The lowest BCUT2D eigenvalue weighted by atomic mass is 10.2. The fourth-order valence-corrected chi connectivity index (χ4v) is 3.18. The molecule has 0 saturated heterocycles. The van der Waals surface area contributed by atoms with Crippen LogP contribution in [0.25, 0.3) is 5.69 Å². The number of nitrogens with one attached hydrogen (secondary N) is 2. The fourth-order valence-electron chi connectivity index (χ4n) is 2.81. The number of hydrogen-bond donors (Lipinski definition) is 2. The first kappa shape index (κ1) is 20.8. The number of aromatic nitrogens is 2. The average molecular weight is 455 g/mol. The molecular formula is C22H23BrN4O2. The first-order chi connectivity index (χ1) is 14.0. The molecule has 150 valence electrons. The van der Waals surface area contributed by atoms with Gasteiger partial charge in [-0.3, -0.25) is 9.59 Å². The van der Waals surface area contributed by atoms with Crippen LogP contribution in [-0.4, -0.2) is 28.1 Å². The van der Waals surface area contributed by atoms with Gasteiger partial charge < -0.3 is 10.6 Å². The minimum Gasteiger partial charge on any atom is -0.356 e. The number of halogens is 1. The number of amides is 2. The van der Waals surface area contributed by atoms with Crippen molar-refractivity contribution in [1.82, 2.24) is 15.1 Å². The van der Waals surface area contributed by atoms with Crippen molar-refractivity contribution < 1.29 is 9.59 Å². The van der Waals surface area contributed by atoms with Gasteiger partial charge in [0, 0.05) is 35.7 Å². The van der Waals surface area contributed by atoms with E-state index in [1.807, 2.05) is 61.7 Å². The number of rotatable bonds is 8. The molecule has 29 heavy (non-hydrogen) atoms. The van der Waals surface area contributed by atoms with Crippen molar-refractivity contribution in [2.24, 2.45) is 0 Å². The summed E-state index contributed by atoms with van der Waals surface area (Å²) in [6, 6.07) is 15.5. The number of carbonyl (C=O) groups excluding carboxylic acids is 2. The third kappa shape index (κ3) is 6.29. The van der Waals surface area contributed by atoms with E-state index >= 15 is 0 Å². The van der Waals surface area contributed by atoms with Gasteiger partial charge >= 0.3 is 0 Å². The normalized spacial score (nSPS) is 10.6. The van der Waals surface area contributed by atoms with Crippen LogP contribution in [0.1, 0.15) is 24.0 Å². The zero-order chi connectivity index (χ0) is 20.6. The summed E-state index contributed by atoms with van der Waals surface area (Å²) < 4.78 is 2.70. The summed E-state index contributed by atoms with van der Waals surface area (Å²) in [5.74, 6) is -0.209. The van der Waals surface area contributed by atoms with Gasteiger partial charge in [0.15, 0.2) is 0 Å². The number of nitrogens with zero attached hydrogens (tertiary/aromatic N) is 2. The van der Waals surface area contributed by atoms with Crippen molar-refractivity contribution in [3.05, 3.63) is 76.5 Å². The molecule has 0 spiro atoms. The van der Waals surface area contributed by atoms with Gasteiger partial charge in [-0.15, -0.1) is 0 Å². The molecule has 2 N–H and O–H groups in total. The first-order valence-corrected chi connectivity index (χ1v) is 10.2. The van der Waals surface area contributed by atoms with E-state index in [-0.39, 0.29) is 18.2 Å². The molecule has 6 nitrogen and oxygen atoms in total. The Hall–Kier alpha value is -2.93. The SMILES string of the molecule is Cc1ccc(Br)cc1NC(=O)CCNC(=O)CCc1cnn(-c2ccccc2)c1. The molecule has 0 aliphatic rings. The Kier molecular flexibility index (Phi) is 7.19. The zero-order valence-electron chi connectivity index (χ0n) is 16.2. The number of benzene rings is 2. The molecule has 3 rings (SSSR count). The molecule has 1 aromatic heterocycles. The molecule has 0 bridgehead atoms. The van der Waals surface area contributed by atoms with Crippen LogP contribution >= 0.6 is 15.9 Å². The van der Waals surface area contributed by atoms with Gasteiger partial charge in [-0.25, -0.2) is 4.68 Å². The Morgan fingerprint density at radius 1 is 1.07 bits per heavy atom. The summed E-state index contributed by atoms with van der Waals surface area (Å²) in [5, 5.41) is 10.00. The Labute approximate surface area is 178 Å². The number of anilines is 1. The summed E-state index contributed by atoms with van der Waals surface area (Å²) in [6.45, 7) is 2.24. The predicted octanol–water partition coefficient (Wildman–Crippen LogP) is 4.02. The van der Waals surface area contributed by atoms with E-state index < -0.39 is 0 Å². The predicted molar refractivity (Wildman–Crippen MR) is 117 cm³/mol. The van der Waals surface area contributed by atoms with E-state index in [9.17, 15) is 9.59 Å². The highest BCUT2D eigenvalue weighted by Crippen LogP contribution is 2.20. The molecule has 2 aromatic carbocycles. The lowest BCUT2D eigenvalue weighted by Crippen LogP contribution is -2.27. The topological polar surface area (TPSA) is 76.0 Å². The number of hydrogen-bond acceptors (Lipinski definition) is 3. The number of carbonyl (C=O) groups is 2. The minimum atomic E-state index is -0.129. The van der Waals surface area contributed by atoms with Crippen LogP contribution < -0.4 is 10.6 Å². The van der Waals surface area contributed by atoms with Crippen molar-refractivity contribution in [3.8, 4) is 5.69 Å². The molecule has 0 saturated carbocycles. The summed E-state index contributed by atoms with van der Waals surface area (Å²) in [7, 11) is 0. The second-order valence-electron chi connectivity index (χ2n) is 6.74. The highest BCUT2D eigenvalue weighted by molar-refractivity contribution is 9.10. The molecule has 1 heterocycles. The van der Waals surface area contributed by atoms with E-state index in [1.165, 1.54) is 0 Å². The van der Waals surface area contributed by atoms with Gasteiger partial charge in [0.05, 0.1) is 11.9 Å². The quantitative estimate of drug-likeness (QED) is 0.539. The van der Waals surface area contributed by atoms with E-state index in [1.54, 1.807) is 10.9 Å². The van der Waals surface area contributed by atoms with Crippen molar-refractivity contribution in [2.45, 2.75) is 26.2 Å². The van der Waals surface area contributed by atoms with Gasteiger partial charge in [-0.05, 0) is 48.7 Å². The van der Waals surface area contributed by atoms with Crippen LogP contribution in [0.4, 0.5) is 5.69 Å². The monoisotopic (exact) mass is 454 g/mol. The second-order valence-corrected chi connectivity index (χ2v) is 7.65. The van der Waals surface area contributed by atoms with E-state index in [0.717, 1.165) is 27.0 Å². The molecule has 7 heteroatoms. The van der Waals surface area contributed by atoms with Crippen LogP contribution in [-0.2, 0) is 16.0 Å². The summed E-state index contributed by atoms with van der Waals surface area (Å²) in [4.78, 5) is 24.1. The van der Waals surface area contributed by atoms with E-state index in [2.05, 4.69) is 31.7 Å². The molecule has 0 atom stereocenters. The van der Waals surface area contributed by atoms with Gasteiger partial charge in [-0.2, -0.15) is 5.10 Å². The lowest BCUT2D eigenvalue weighted by molar-refractivity contribution is -0.121. The second kappa shape index (κ2) is 10.0. The Morgan fingerprint density at radius 2 is 1.86 bits per heavy atom. The van der Waals surface area contributed by atoms with Crippen LogP contribution in [0.3, 0.4) is 0 Å². The lowest BCUT2D eigenvalue weighted by Gasteiger charge is -2.09. The maximum Gasteiger partial charge on any atom is 0.226 e. The van der Waals surface area contributed by atoms with Gasteiger partial charge in [-0.1, -0.05) is 40.2 Å². The van der Waals surface area contributed by atoms with E-state index in [0.29, 0.717) is 19.4 Å². The first-order valence-electron chi connectivity index (χ1n) is 9.43. The number of para-hydroxylation sites is 1. The maximum atomic E-state index is 12.1. The molecule has 0 aliphatic carbocycles. The molecule has 0 radical (unpaired) electrons. The van der Waals surface area contributed by atoms with Crippen LogP contribution in [0.5, 0.6) is 0 Å². The van der Waals surface area contributed by atoms with Gasteiger partial charge in [0.25, 0.3) is 0 Å². The molecule has 0 aliphatic heterocycles. The van der Waals surface area contributed by atoms with Crippen LogP contribution in [0.15, 0.2) is 65.4 Å². The Balaban J connectivity index is 1.38. The van der Waals surface area contributed by atoms with Crippen molar-refractivity contribution in [3.63, 3.8) is 0 Å². The van der Waals surface area contributed by atoms with Crippen LogP contribution in [0, 0.1) is 6.92 Å². The summed E-state index contributed by atoms with van der Waals surface area (Å²) in [6.07, 6.45) is 4.88. The largest absolute Gasteiger partial charge is 0.356 e. The zero-order valence-corrected chi connectivity index (χ0v) is 17.8. The Morgan fingerprint density at radius 3 is 2.66 bits per heavy atom.